The number of rotatable bonds is 5. The van der Waals surface area contributed by atoms with Crippen molar-refractivity contribution in [3.05, 3.63) is 29.8 Å². The van der Waals surface area contributed by atoms with Gasteiger partial charge in [-0.25, -0.2) is 4.99 Å². The van der Waals surface area contributed by atoms with Crippen LogP contribution < -0.4 is 15.5 Å². The summed E-state index contributed by atoms with van der Waals surface area (Å²) in [5.41, 5.74) is 2.10. The lowest BCUT2D eigenvalue weighted by atomic mass is 10.0. The Morgan fingerprint density at radius 1 is 1.27 bits per heavy atom. The van der Waals surface area contributed by atoms with E-state index < -0.39 is 12.7 Å². The van der Waals surface area contributed by atoms with Crippen molar-refractivity contribution < 1.29 is 18.0 Å². The van der Waals surface area contributed by atoms with Gasteiger partial charge in [-0.05, 0) is 37.8 Å². The number of nitrogens with one attached hydrogen (secondary N) is 2. The quantitative estimate of drug-likeness (QED) is 0.344. The number of anilines is 1. The summed E-state index contributed by atoms with van der Waals surface area (Å²) in [7, 11) is 0. The molecule has 10 heteroatoms. The van der Waals surface area contributed by atoms with E-state index in [-0.39, 0.29) is 42.5 Å². The zero-order chi connectivity index (χ0) is 20.9. The van der Waals surface area contributed by atoms with E-state index in [0.717, 1.165) is 24.1 Å². The maximum absolute atomic E-state index is 12.7. The van der Waals surface area contributed by atoms with Crippen molar-refractivity contribution >= 4 is 41.5 Å². The van der Waals surface area contributed by atoms with Crippen LogP contribution >= 0.6 is 24.0 Å². The van der Waals surface area contributed by atoms with E-state index in [1.807, 2.05) is 31.2 Å². The van der Waals surface area contributed by atoms with Crippen molar-refractivity contribution in [2.75, 3.05) is 44.2 Å². The molecule has 0 bridgehead atoms. The number of halogens is 4. The zero-order valence-corrected chi connectivity index (χ0v) is 19.4. The summed E-state index contributed by atoms with van der Waals surface area (Å²) in [5.74, 6) is 0.379. The summed E-state index contributed by atoms with van der Waals surface area (Å²) >= 11 is 0. The summed E-state index contributed by atoms with van der Waals surface area (Å²) in [4.78, 5) is 20.3. The average Bonchev–Trinajstić information content (AvgIpc) is 3.10. The number of para-hydroxylation sites is 1. The number of hydrogen-bond donors (Lipinski definition) is 2. The molecule has 3 rings (SSSR count). The molecule has 168 valence electrons. The van der Waals surface area contributed by atoms with Crippen LogP contribution in [-0.2, 0) is 11.2 Å². The van der Waals surface area contributed by atoms with Crippen LogP contribution in [-0.4, -0.2) is 68.3 Å². The highest BCUT2D eigenvalue weighted by Gasteiger charge is 2.34. The molecule has 2 N–H and O–H groups in total. The van der Waals surface area contributed by atoms with E-state index in [2.05, 4.69) is 15.6 Å². The van der Waals surface area contributed by atoms with Crippen molar-refractivity contribution in [3.63, 3.8) is 0 Å². The average molecular weight is 539 g/mol. The Balaban J connectivity index is 0.00000320. The molecule has 1 atom stereocenters. The van der Waals surface area contributed by atoms with Gasteiger partial charge in [0.1, 0.15) is 6.54 Å². The van der Waals surface area contributed by atoms with Gasteiger partial charge >= 0.3 is 6.18 Å². The predicted octanol–water partition coefficient (Wildman–Crippen LogP) is 2.78. The Morgan fingerprint density at radius 3 is 2.77 bits per heavy atom. The SMILES string of the molecule is CCNC(=NCC(=O)N1CCCc2ccccc21)NC1CCN(CC(F)(F)F)C1.I. The van der Waals surface area contributed by atoms with Crippen LogP contribution in [0.2, 0.25) is 0 Å². The largest absolute Gasteiger partial charge is 0.401 e. The fourth-order valence-corrected chi connectivity index (χ4v) is 3.89. The smallest absolute Gasteiger partial charge is 0.357 e. The van der Waals surface area contributed by atoms with Gasteiger partial charge in [-0.1, -0.05) is 18.2 Å². The lowest BCUT2D eigenvalue weighted by Crippen LogP contribution is -2.46. The van der Waals surface area contributed by atoms with Gasteiger partial charge in [-0.2, -0.15) is 13.2 Å². The maximum Gasteiger partial charge on any atom is 0.401 e. The first-order chi connectivity index (χ1) is 13.9. The van der Waals surface area contributed by atoms with Crippen molar-refractivity contribution in [1.29, 1.82) is 0 Å². The molecule has 1 fully saturated rings. The summed E-state index contributed by atoms with van der Waals surface area (Å²) in [6.45, 7) is 2.96. The molecule has 0 aromatic heterocycles. The van der Waals surface area contributed by atoms with E-state index >= 15 is 0 Å². The van der Waals surface area contributed by atoms with Crippen LogP contribution in [0.4, 0.5) is 18.9 Å². The molecule has 1 aromatic carbocycles. The molecular weight excluding hydrogens is 510 g/mol. The van der Waals surface area contributed by atoms with E-state index in [1.54, 1.807) is 4.90 Å². The minimum atomic E-state index is -4.19. The molecule has 1 amide bonds. The zero-order valence-electron chi connectivity index (χ0n) is 17.0. The molecule has 30 heavy (non-hydrogen) atoms. The number of alkyl halides is 3. The molecule has 1 aromatic rings. The van der Waals surface area contributed by atoms with Crippen LogP contribution in [0, 0.1) is 0 Å². The van der Waals surface area contributed by atoms with Crippen LogP contribution in [0.15, 0.2) is 29.3 Å². The van der Waals surface area contributed by atoms with Crippen LogP contribution in [0.5, 0.6) is 0 Å². The van der Waals surface area contributed by atoms with Gasteiger partial charge in [-0.3, -0.25) is 9.69 Å². The number of guanidine groups is 1. The van der Waals surface area contributed by atoms with Gasteiger partial charge in [0.25, 0.3) is 0 Å². The molecule has 2 aliphatic rings. The molecule has 0 spiro atoms. The van der Waals surface area contributed by atoms with Gasteiger partial charge in [0.15, 0.2) is 5.96 Å². The van der Waals surface area contributed by atoms with Gasteiger partial charge in [0.05, 0.1) is 6.54 Å². The van der Waals surface area contributed by atoms with Crippen LogP contribution in [0.3, 0.4) is 0 Å². The van der Waals surface area contributed by atoms with Crippen molar-refractivity contribution in [1.82, 2.24) is 15.5 Å². The van der Waals surface area contributed by atoms with E-state index in [1.165, 1.54) is 4.90 Å². The fourth-order valence-electron chi connectivity index (χ4n) is 3.89. The summed E-state index contributed by atoms with van der Waals surface area (Å²) in [6.07, 6.45) is -1.70. The van der Waals surface area contributed by atoms with Gasteiger partial charge in [0.2, 0.25) is 5.91 Å². The first kappa shape index (κ1) is 24.7. The fraction of sp³-hybridized carbons (Fsp3) is 0.600. The Morgan fingerprint density at radius 2 is 2.03 bits per heavy atom. The van der Waals surface area contributed by atoms with Gasteiger partial charge < -0.3 is 15.5 Å². The third-order valence-corrected chi connectivity index (χ3v) is 5.14. The minimum absolute atomic E-state index is 0. The second-order valence-corrected chi connectivity index (χ2v) is 7.45. The minimum Gasteiger partial charge on any atom is -0.357 e. The van der Waals surface area contributed by atoms with Crippen molar-refractivity contribution in [2.24, 2.45) is 4.99 Å². The lowest BCUT2D eigenvalue weighted by Gasteiger charge is -2.29. The summed E-state index contributed by atoms with van der Waals surface area (Å²) in [5, 5.41) is 6.25. The number of likely N-dealkylation sites (tertiary alicyclic amines) is 1. The van der Waals surface area contributed by atoms with Crippen molar-refractivity contribution in [3.8, 4) is 0 Å². The number of nitrogens with zero attached hydrogens (tertiary/aromatic N) is 3. The standard InChI is InChI=1S/C20H28F3N5O.HI/c1-2-24-19(26-16-9-11-27(13-16)14-20(21,22)23)25-12-18(29)28-10-5-7-15-6-3-4-8-17(15)28;/h3-4,6,8,16H,2,5,7,9-14H2,1H3,(H2,24,25,26);1H. The van der Waals surface area contributed by atoms with E-state index in [4.69, 9.17) is 0 Å². The maximum atomic E-state index is 12.7. The Kier molecular flexibility index (Phi) is 9.20. The number of hydrogen-bond acceptors (Lipinski definition) is 3. The first-order valence-electron chi connectivity index (χ1n) is 10.1. The second-order valence-electron chi connectivity index (χ2n) is 7.45. The summed E-state index contributed by atoms with van der Waals surface area (Å²) < 4.78 is 37.7. The summed E-state index contributed by atoms with van der Waals surface area (Å²) in [6, 6.07) is 7.76. The topological polar surface area (TPSA) is 60.0 Å². The molecule has 6 nitrogen and oxygen atoms in total. The van der Waals surface area contributed by atoms with E-state index in [9.17, 15) is 18.0 Å². The number of benzene rings is 1. The van der Waals surface area contributed by atoms with Crippen LogP contribution in [0.25, 0.3) is 0 Å². The molecule has 0 saturated carbocycles. The first-order valence-corrected chi connectivity index (χ1v) is 10.1. The molecule has 1 saturated heterocycles. The lowest BCUT2D eigenvalue weighted by molar-refractivity contribution is -0.143. The number of fused-ring (bicyclic) bond motifs is 1. The number of carbonyl (C=O) groups is 1. The highest BCUT2D eigenvalue weighted by molar-refractivity contribution is 14.0. The molecule has 2 heterocycles. The molecule has 0 radical (unpaired) electrons. The Bertz CT molecular complexity index is 743. The molecular formula is C20H29F3IN5O. The number of aliphatic imine (C=N–C) groups is 1. The molecule has 2 aliphatic heterocycles. The Labute approximate surface area is 192 Å². The number of amides is 1. The molecule has 0 aliphatic carbocycles. The highest BCUT2D eigenvalue weighted by atomic mass is 127. The third-order valence-electron chi connectivity index (χ3n) is 5.14. The second kappa shape index (κ2) is 11.2. The van der Waals surface area contributed by atoms with E-state index in [0.29, 0.717) is 38.6 Å². The van der Waals surface area contributed by atoms with Gasteiger partial charge in [0, 0.05) is 37.9 Å². The number of carbonyl (C=O) groups excluding carboxylic acids is 1. The molecule has 1 unspecified atom stereocenters. The number of aryl methyl sites for hydroxylation is 1. The predicted molar refractivity (Wildman–Crippen MR) is 123 cm³/mol. The van der Waals surface area contributed by atoms with Gasteiger partial charge in [-0.15, -0.1) is 24.0 Å². The van der Waals surface area contributed by atoms with Crippen molar-refractivity contribution in [2.45, 2.75) is 38.4 Å². The van der Waals surface area contributed by atoms with Crippen LogP contribution in [0.1, 0.15) is 25.3 Å². The monoisotopic (exact) mass is 539 g/mol. The Hall–Kier alpha value is -1.56. The third kappa shape index (κ3) is 7.00. The normalized spacial score (nSPS) is 19.8. The highest BCUT2D eigenvalue weighted by Crippen LogP contribution is 2.26.